The van der Waals surface area contributed by atoms with Gasteiger partial charge in [-0.15, -0.1) is 0 Å². The Morgan fingerprint density at radius 2 is 1.86 bits per heavy atom. The van der Waals surface area contributed by atoms with E-state index in [1.54, 1.807) is 36.4 Å². The molecule has 1 fully saturated rings. The molecule has 0 saturated carbocycles. The van der Waals surface area contributed by atoms with Crippen molar-refractivity contribution in [2.45, 2.75) is 19.4 Å². The van der Waals surface area contributed by atoms with E-state index in [0.29, 0.717) is 36.0 Å². The molecule has 0 spiro atoms. The van der Waals surface area contributed by atoms with E-state index in [9.17, 15) is 14.4 Å². The molecule has 0 bridgehead atoms. The molecule has 4 rings (SSSR count). The molecule has 2 aliphatic rings. The average Bonchev–Trinajstić information content (AvgIpc) is 2.99. The Hall–Kier alpha value is -3.39. The Bertz CT molecular complexity index is 959. The zero-order valence-corrected chi connectivity index (χ0v) is 15.2. The summed E-state index contributed by atoms with van der Waals surface area (Å²) in [6.45, 7) is 2.77. The summed E-state index contributed by atoms with van der Waals surface area (Å²) in [6, 6.07) is 11.2. The number of rotatable bonds is 4. The standard InChI is InChI=1S/C20H19N3O5/c1-12-3-2-4-14(9-12)23-18(24)11-15(20(23)26)21-22-19(25)13-5-6-16-17(10-13)28-8-7-27-16/h2-6,9-10,15,21H,7-8,11H2,1H3,(H,22,25). The quantitative estimate of drug-likeness (QED) is 0.613. The molecule has 1 unspecified atom stereocenters. The van der Waals surface area contributed by atoms with E-state index >= 15 is 0 Å². The second-order valence-corrected chi connectivity index (χ2v) is 6.62. The van der Waals surface area contributed by atoms with Crippen LogP contribution in [-0.4, -0.2) is 37.0 Å². The molecule has 144 valence electrons. The van der Waals surface area contributed by atoms with Gasteiger partial charge >= 0.3 is 0 Å². The van der Waals surface area contributed by atoms with Crippen LogP contribution in [0.15, 0.2) is 42.5 Å². The number of fused-ring (bicyclic) bond motifs is 1. The van der Waals surface area contributed by atoms with Crippen LogP contribution in [0.25, 0.3) is 0 Å². The molecule has 0 aliphatic carbocycles. The van der Waals surface area contributed by atoms with Crippen LogP contribution in [0.2, 0.25) is 0 Å². The molecule has 1 atom stereocenters. The Balaban J connectivity index is 1.42. The minimum atomic E-state index is -0.825. The lowest BCUT2D eigenvalue weighted by molar-refractivity contribution is -0.121. The average molecular weight is 381 g/mol. The lowest BCUT2D eigenvalue weighted by atomic mass is 10.2. The van der Waals surface area contributed by atoms with Gasteiger partial charge in [-0.05, 0) is 42.8 Å². The number of aryl methyl sites for hydroxylation is 1. The van der Waals surface area contributed by atoms with Crippen LogP contribution in [0.3, 0.4) is 0 Å². The summed E-state index contributed by atoms with van der Waals surface area (Å²) in [5.41, 5.74) is 6.99. The number of anilines is 1. The van der Waals surface area contributed by atoms with Gasteiger partial charge < -0.3 is 9.47 Å². The smallest absolute Gasteiger partial charge is 0.265 e. The van der Waals surface area contributed by atoms with E-state index < -0.39 is 17.9 Å². The number of carbonyl (C=O) groups is 3. The summed E-state index contributed by atoms with van der Waals surface area (Å²) in [6.07, 6.45) is -0.0335. The second kappa shape index (κ2) is 7.32. The third-order valence-electron chi connectivity index (χ3n) is 4.57. The number of imide groups is 1. The van der Waals surface area contributed by atoms with Crippen LogP contribution in [0, 0.1) is 6.92 Å². The maximum atomic E-state index is 12.6. The van der Waals surface area contributed by atoms with Crippen LogP contribution in [0.5, 0.6) is 11.5 Å². The lowest BCUT2D eigenvalue weighted by Crippen LogP contribution is -2.48. The van der Waals surface area contributed by atoms with Crippen molar-refractivity contribution >= 4 is 23.4 Å². The fraction of sp³-hybridized carbons (Fsp3) is 0.250. The van der Waals surface area contributed by atoms with Crippen molar-refractivity contribution in [3.05, 3.63) is 53.6 Å². The van der Waals surface area contributed by atoms with Gasteiger partial charge in [-0.2, -0.15) is 0 Å². The number of benzene rings is 2. The minimum Gasteiger partial charge on any atom is -0.486 e. The maximum absolute atomic E-state index is 12.6. The first-order valence-corrected chi connectivity index (χ1v) is 8.92. The third kappa shape index (κ3) is 3.41. The summed E-state index contributed by atoms with van der Waals surface area (Å²) >= 11 is 0. The van der Waals surface area contributed by atoms with Crippen molar-refractivity contribution in [1.82, 2.24) is 10.9 Å². The Morgan fingerprint density at radius 3 is 2.64 bits per heavy atom. The highest BCUT2D eigenvalue weighted by Crippen LogP contribution is 2.30. The van der Waals surface area contributed by atoms with Crippen molar-refractivity contribution < 1.29 is 23.9 Å². The minimum absolute atomic E-state index is 0.0335. The van der Waals surface area contributed by atoms with Gasteiger partial charge in [0.25, 0.3) is 11.8 Å². The van der Waals surface area contributed by atoms with E-state index in [4.69, 9.17) is 9.47 Å². The van der Waals surface area contributed by atoms with Crippen LogP contribution >= 0.6 is 0 Å². The number of carbonyl (C=O) groups excluding carboxylic acids is 3. The monoisotopic (exact) mass is 381 g/mol. The number of nitrogens with one attached hydrogen (secondary N) is 2. The Morgan fingerprint density at radius 1 is 1.07 bits per heavy atom. The first-order chi connectivity index (χ1) is 13.5. The highest BCUT2D eigenvalue weighted by atomic mass is 16.6. The van der Waals surface area contributed by atoms with Crippen LogP contribution < -0.4 is 25.2 Å². The molecular weight excluding hydrogens is 362 g/mol. The largest absolute Gasteiger partial charge is 0.486 e. The molecule has 0 aromatic heterocycles. The molecule has 8 nitrogen and oxygen atoms in total. The van der Waals surface area contributed by atoms with Gasteiger partial charge in [0.2, 0.25) is 5.91 Å². The van der Waals surface area contributed by atoms with E-state index in [2.05, 4.69) is 10.9 Å². The summed E-state index contributed by atoms with van der Waals surface area (Å²) in [7, 11) is 0. The molecule has 3 amide bonds. The summed E-state index contributed by atoms with van der Waals surface area (Å²) in [5, 5.41) is 0. The highest BCUT2D eigenvalue weighted by molar-refractivity contribution is 6.22. The van der Waals surface area contributed by atoms with Gasteiger partial charge in [0.05, 0.1) is 12.1 Å². The van der Waals surface area contributed by atoms with Crippen molar-refractivity contribution in [2.75, 3.05) is 18.1 Å². The second-order valence-electron chi connectivity index (χ2n) is 6.62. The summed E-state index contributed by atoms with van der Waals surface area (Å²) < 4.78 is 10.9. The van der Waals surface area contributed by atoms with Gasteiger partial charge in [-0.3, -0.25) is 19.8 Å². The van der Waals surface area contributed by atoms with Gasteiger partial charge in [0.1, 0.15) is 19.3 Å². The van der Waals surface area contributed by atoms with Gasteiger partial charge in [-0.1, -0.05) is 12.1 Å². The first kappa shape index (κ1) is 18.0. The SMILES string of the molecule is Cc1cccc(N2C(=O)CC(NNC(=O)c3ccc4c(c3)OCCO4)C2=O)c1. The molecule has 2 N–H and O–H groups in total. The number of ether oxygens (including phenoxy) is 2. The third-order valence-corrected chi connectivity index (χ3v) is 4.57. The number of hydrazine groups is 1. The van der Waals surface area contributed by atoms with Crippen molar-refractivity contribution in [3.8, 4) is 11.5 Å². The van der Waals surface area contributed by atoms with Gasteiger partial charge in [0, 0.05) is 5.56 Å². The topological polar surface area (TPSA) is 97.0 Å². The van der Waals surface area contributed by atoms with E-state index in [1.807, 2.05) is 13.0 Å². The Labute approximate surface area is 161 Å². The molecule has 2 aliphatic heterocycles. The van der Waals surface area contributed by atoms with Crippen LogP contribution in [0.4, 0.5) is 5.69 Å². The first-order valence-electron chi connectivity index (χ1n) is 8.92. The molecule has 1 saturated heterocycles. The van der Waals surface area contributed by atoms with Crippen LogP contribution in [-0.2, 0) is 9.59 Å². The molecule has 28 heavy (non-hydrogen) atoms. The molecule has 0 radical (unpaired) electrons. The fourth-order valence-electron chi connectivity index (χ4n) is 3.19. The number of hydrogen-bond acceptors (Lipinski definition) is 6. The van der Waals surface area contributed by atoms with Crippen molar-refractivity contribution in [2.24, 2.45) is 0 Å². The zero-order valence-electron chi connectivity index (χ0n) is 15.2. The van der Waals surface area contributed by atoms with Crippen molar-refractivity contribution in [1.29, 1.82) is 0 Å². The van der Waals surface area contributed by atoms with Crippen molar-refractivity contribution in [3.63, 3.8) is 0 Å². The molecule has 2 aromatic carbocycles. The summed E-state index contributed by atoms with van der Waals surface area (Å²) in [5.74, 6) is -0.0799. The van der Waals surface area contributed by atoms with Crippen LogP contribution in [0.1, 0.15) is 22.3 Å². The molecule has 2 heterocycles. The fourth-order valence-corrected chi connectivity index (χ4v) is 3.19. The molecule has 8 heteroatoms. The van der Waals surface area contributed by atoms with E-state index in [0.717, 1.165) is 10.5 Å². The summed E-state index contributed by atoms with van der Waals surface area (Å²) in [4.78, 5) is 38.5. The van der Waals surface area contributed by atoms with E-state index in [1.165, 1.54) is 0 Å². The van der Waals surface area contributed by atoms with E-state index in [-0.39, 0.29) is 12.3 Å². The normalized spacial score (nSPS) is 18.3. The maximum Gasteiger partial charge on any atom is 0.265 e. The van der Waals surface area contributed by atoms with Gasteiger partial charge in [-0.25, -0.2) is 10.3 Å². The zero-order chi connectivity index (χ0) is 19.7. The molecular formula is C20H19N3O5. The predicted octanol–water partition coefficient (Wildman–Crippen LogP) is 1.33. The Kier molecular flexibility index (Phi) is 4.70. The number of hydrogen-bond donors (Lipinski definition) is 2. The predicted molar refractivity (Wildman–Crippen MR) is 100 cm³/mol. The lowest BCUT2D eigenvalue weighted by Gasteiger charge is -2.19. The number of amides is 3. The number of nitrogens with zero attached hydrogens (tertiary/aromatic N) is 1. The highest BCUT2D eigenvalue weighted by Gasteiger charge is 2.39. The molecule has 2 aromatic rings. The van der Waals surface area contributed by atoms with Gasteiger partial charge in [0.15, 0.2) is 11.5 Å².